The minimum Gasteiger partial charge on any atom is -0.389 e. The quantitative estimate of drug-likeness (QED) is 0.775. The molecule has 3 nitrogen and oxygen atoms in total. The Morgan fingerprint density at radius 2 is 2.25 bits per heavy atom. The third-order valence-corrected chi connectivity index (χ3v) is 3.13. The van der Waals surface area contributed by atoms with Gasteiger partial charge in [0.2, 0.25) is 0 Å². The highest BCUT2D eigenvalue weighted by Crippen LogP contribution is 2.11. The van der Waals surface area contributed by atoms with Crippen LogP contribution in [0.15, 0.2) is 17.5 Å². The molecule has 4 heteroatoms. The maximum Gasteiger partial charge on any atom is 0.186 e. The highest BCUT2D eigenvalue weighted by Gasteiger charge is 2.19. The molecule has 1 rings (SSSR count). The molecule has 0 saturated carbocycles. The van der Waals surface area contributed by atoms with E-state index in [0.717, 1.165) is 11.4 Å². The summed E-state index contributed by atoms with van der Waals surface area (Å²) in [6.07, 6.45) is 0. The van der Waals surface area contributed by atoms with Crippen LogP contribution in [0.25, 0.3) is 0 Å². The molecule has 0 fully saturated rings. The fourth-order valence-corrected chi connectivity index (χ4v) is 2.20. The van der Waals surface area contributed by atoms with E-state index in [-0.39, 0.29) is 5.78 Å². The summed E-state index contributed by atoms with van der Waals surface area (Å²) in [5.41, 5.74) is -0.758. The molecule has 1 heterocycles. The van der Waals surface area contributed by atoms with Crippen LogP contribution < -0.4 is 0 Å². The molecule has 0 radical (unpaired) electrons. The van der Waals surface area contributed by atoms with Crippen LogP contribution in [0.2, 0.25) is 0 Å². The van der Waals surface area contributed by atoms with Crippen molar-refractivity contribution in [2.45, 2.75) is 26.4 Å². The molecule has 0 amide bonds. The highest BCUT2D eigenvalue weighted by molar-refractivity contribution is 7.12. The van der Waals surface area contributed by atoms with Crippen molar-refractivity contribution >= 4 is 17.1 Å². The first kappa shape index (κ1) is 13.4. The molecule has 0 aliphatic rings. The number of thiophene rings is 1. The van der Waals surface area contributed by atoms with Gasteiger partial charge in [0.25, 0.3) is 0 Å². The molecule has 0 spiro atoms. The van der Waals surface area contributed by atoms with E-state index in [0.29, 0.717) is 13.1 Å². The Kier molecular flexibility index (Phi) is 4.65. The lowest BCUT2D eigenvalue weighted by atomic mass is 10.1. The van der Waals surface area contributed by atoms with Gasteiger partial charge in [-0.25, -0.2) is 0 Å². The van der Waals surface area contributed by atoms with Gasteiger partial charge >= 0.3 is 0 Å². The zero-order valence-electron chi connectivity index (χ0n) is 10.1. The largest absolute Gasteiger partial charge is 0.389 e. The van der Waals surface area contributed by atoms with Crippen molar-refractivity contribution in [1.82, 2.24) is 4.90 Å². The summed E-state index contributed by atoms with van der Waals surface area (Å²) in [6, 6.07) is 3.72. The first-order valence-electron chi connectivity index (χ1n) is 5.44. The topological polar surface area (TPSA) is 40.5 Å². The van der Waals surface area contributed by atoms with Crippen LogP contribution in [0.5, 0.6) is 0 Å². The van der Waals surface area contributed by atoms with E-state index in [9.17, 15) is 9.90 Å². The first-order chi connectivity index (χ1) is 7.42. The fraction of sp³-hybridized carbons (Fsp3) is 0.583. The van der Waals surface area contributed by atoms with E-state index < -0.39 is 5.60 Å². The van der Waals surface area contributed by atoms with Crippen molar-refractivity contribution in [1.29, 1.82) is 0 Å². The van der Waals surface area contributed by atoms with Crippen molar-refractivity contribution in [3.05, 3.63) is 22.4 Å². The molecule has 0 unspecified atom stereocenters. The van der Waals surface area contributed by atoms with Crippen LogP contribution in [0.1, 0.15) is 30.4 Å². The maximum atomic E-state index is 11.8. The van der Waals surface area contributed by atoms with Crippen LogP contribution in [-0.4, -0.2) is 41.0 Å². The number of Topliss-reactive ketones (excluding diaryl/α,β-unsaturated/α-hetero) is 1. The van der Waals surface area contributed by atoms with Crippen molar-refractivity contribution in [3.63, 3.8) is 0 Å². The number of ketones is 1. The van der Waals surface area contributed by atoms with Crippen LogP contribution in [0, 0.1) is 0 Å². The average Bonchev–Trinajstić information content (AvgIpc) is 2.67. The van der Waals surface area contributed by atoms with E-state index in [1.165, 1.54) is 11.3 Å². The minimum atomic E-state index is -0.758. The molecule has 16 heavy (non-hydrogen) atoms. The number of aliphatic hydroxyl groups is 1. The molecule has 1 N–H and O–H groups in total. The van der Waals surface area contributed by atoms with Gasteiger partial charge in [-0.05, 0) is 31.8 Å². The number of carbonyl (C=O) groups is 1. The van der Waals surface area contributed by atoms with Gasteiger partial charge in [-0.3, -0.25) is 9.69 Å². The van der Waals surface area contributed by atoms with E-state index in [1.54, 1.807) is 13.8 Å². The smallest absolute Gasteiger partial charge is 0.186 e. The number of rotatable bonds is 6. The Morgan fingerprint density at radius 3 is 2.69 bits per heavy atom. The van der Waals surface area contributed by atoms with Gasteiger partial charge in [0.1, 0.15) is 0 Å². The van der Waals surface area contributed by atoms with Gasteiger partial charge in [0.05, 0.1) is 17.0 Å². The highest BCUT2D eigenvalue weighted by atomic mass is 32.1. The molecule has 0 aliphatic heterocycles. The Hall–Kier alpha value is -0.710. The monoisotopic (exact) mass is 241 g/mol. The number of carbonyl (C=O) groups excluding carboxylic acids is 1. The maximum absolute atomic E-state index is 11.8. The molecule has 0 aromatic carbocycles. The zero-order chi connectivity index (χ0) is 12.2. The molecular weight excluding hydrogens is 222 g/mol. The fourth-order valence-electron chi connectivity index (χ4n) is 1.54. The summed E-state index contributed by atoms with van der Waals surface area (Å²) < 4.78 is 0. The molecule has 1 aromatic rings. The normalized spacial score (nSPS) is 12.1. The van der Waals surface area contributed by atoms with Gasteiger partial charge in [-0.15, -0.1) is 11.3 Å². The summed E-state index contributed by atoms with van der Waals surface area (Å²) in [5.74, 6) is 0.126. The summed E-state index contributed by atoms with van der Waals surface area (Å²) >= 11 is 1.46. The Balaban J connectivity index is 2.54. The zero-order valence-corrected chi connectivity index (χ0v) is 10.9. The summed E-state index contributed by atoms with van der Waals surface area (Å²) in [6.45, 7) is 7.16. The van der Waals surface area contributed by atoms with Crippen LogP contribution in [-0.2, 0) is 0 Å². The van der Waals surface area contributed by atoms with E-state index >= 15 is 0 Å². The van der Waals surface area contributed by atoms with Crippen molar-refractivity contribution < 1.29 is 9.90 Å². The third-order valence-electron chi connectivity index (χ3n) is 2.22. The molecule has 90 valence electrons. The summed E-state index contributed by atoms with van der Waals surface area (Å²) in [5, 5.41) is 11.6. The van der Waals surface area contributed by atoms with Gasteiger partial charge in [0.15, 0.2) is 5.78 Å². The van der Waals surface area contributed by atoms with Gasteiger partial charge < -0.3 is 5.11 Å². The standard InChI is InChI=1S/C12H19NO2S/c1-4-13(9-12(2,3)15)8-10(14)11-6-5-7-16-11/h5-7,15H,4,8-9H2,1-3H3. The lowest BCUT2D eigenvalue weighted by Crippen LogP contribution is -2.41. The molecule has 1 aromatic heterocycles. The van der Waals surface area contributed by atoms with Crippen LogP contribution >= 0.6 is 11.3 Å². The number of likely N-dealkylation sites (N-methyl/N-ethyl adjacent to an activating group) is 1. The number of hydrogen-bond acceptors (Lipinski definition) is 4. The van der Waals surface area contributed by atoms with Crippen molar-refractivity contribution in [3.8, 4) is 0 Å². The lowest BCUT2D eigenvalue weighted by Gasteiger charge is -2.27. The van der Waals surface area contributed by atoms with Crippen LogP contribution in [0.4, 0.5) is 0 Å². The molecule has 0 saturated heterocycles. The van der Waals surface area contributed by atoms with Gasteiger partial charge in [-0.2, -0.15) is 0 Å². The van der Waals surface area contributed by atoms with Crippen LogP contribution in [0.3, 0.4) is 0 Å². The Morgan fingerprint density at radius 1 is 1.56 bits per heavy atom. The van der Waals surface area contributed by atoms with Gasteiger partial charge in [0, 0.05) is 6.54 Å². The second kappa shape index (κ2) is 5.57. The SMILES string of the molecule is CCN(CC(=O)c1cccs1)CC(C)(C)O. The lowest BCUT2D eigenvalue weighted by molar-refractivity contribution is 0.0376. The van der Waals surface area contributed by atoms with E-state index in [2.05, 4.69) is 0 Å². The molecule has 0 bridgehead atoms. The van der Waals surface area contributed by atoms with Crippen molar-refractivity contribution in [2.75, 3.05) is 19.6 Å². The second-order valence-corrected chi connectivity index (χ2v) is 5.46. The predicted molar refractivity (Wildman–Crippen MR) is 67.1 cm³/mol. The number of nitrogens with zero attached hydrogens (tertiary/aromatic N) is 1. The Labute approximate surface area is 101 Å². The third kappa shape index (κ3) is 4.43. The van der Waals surface area contributed by atoms with Crippen molar-refractivity contribution in [2.24, 2.45) is 0 Å². The second-order valence-electron chi connectivity index (χ2n) is 4.52. The van der Waals surface area contributed by atoms with E-state index in [4.69, 9.17) is 0 Å². The van der Waals surface area contributed by atoms with Gasteiger partial charge in [-0.1, -0.05) is 13.0 Å². The molecular formula is C12H19NO2S. The van der Waals surface area contributed by atoms with E-state index in [1.807, 2.05) is 29.3 Å². The average molecular weight is 241 g/mol. The summed E-state index contributed by atoms with van der Waals surface area (Å²) in [4.78, 5) is 14.6. The first-order valence-corrected chi connectivity index (χ1v) is 6.32. The predicted octanol–water partition coefficient (Wildman–Crippen LogP) is 2.02. The molecule has 0 atom stereocenters. The number of hydrogen-bond donors (Lipinski definition) is 1. The molecule has 0 aliphatic carbocycles. The summed E-state index contributed by atoms with van der Waals surface area (Å²) in [7, 11) is 0. The Bertz CT molecular complexity index is 327. The minimum absolute atomic E-state index is 0.126.